The van der Waals surface area contributed by atoms with Crippen molar-refractivity contribution in [2.24, 2.45) is 17.3 Å². The lowest BCUT2D eigenvalue weighted by atomic mass is 9.68. The molecule has 21 heavy (non-hydrogen) atoms. The summed E-state index contributed by atoms with van der Waals surface area (Å²) in [4.78, 5) is 14.0. The quantitative estimate of drug-likeness (QED) is 0.902. The van der Waals surface area contributed by atoms with Crippen molar-refractivity contribution in [2.75, 3.05) is 13.1 Å². The standard InChI is InChI=1S/C18H25NO2/c1-18(10-14-8-5-9-14)13-19(12-16(18)17(20)21)11-15-6-3-2-4-7-15/h2-4,6-7,14,16H,5,8-13H2,1H3,(H,20,21). The Labute approximate surface area is 127 Å². The van der Waals surface area contributed by atoms with Crippen molar-refractivity contribution >= 4 is 5.97 Å². The summed E-state index contributed by atoms with van der Waals surface area (Å²) in [7, 11) is 0. The van der Waals surface area contributed by atoms with Gasteiger partial charge in [0.2, 0.25) is 0 Å². The van der Waals surface area contributed by atoms with Crippen LogP contribution >= 0.6 is 0 Å². The number of hydrogen-bond acceptors (Lipinski definition) is 2. The maximum atomic E-state index is 11.7. The molecule has 1 aromatic rings. The van der Waals surface area contributed by atoms with E-state index in [0.717, 1.165) is 25.4 Å². The van der Waals surface area contributed by atoms with Gasteiger partial charge in [0.1, 0.15) is 0 Å². The van der Waals surface area contributed by atoms with Gasteiger partial charge in [-0.05, 0) is 23.3 Å². The van der Waals surface area contributed by atoms with Crippen LogP contribution in [0.3, 0.4) is 0 Å². The van der Waals surface area contributed by atoms with Crippen molar-refractivity contribution in [1.29, 1.82) is 0 Å². The zero-order valence-electron chi connectivity index (χ0n) is 12.8. The molecule has 2 atom stereocenters. The molecule has 114 valence electrons. The van der Waals surface area contributed by atoms with E-state index in [9.17, 15) is 9.90 Å². The summed E-state index contributed by atoms with van der Waals surface area (Å²) < 4.78 is 0. The Morgan fingerprint density at radius 3 is 2.62 bits per heavy atom. The lowest BCUT2D eigenvalue weighted by molar-refractivity contribution is -0.144. The van der Waals surface area contributed by atoms with E-state index in [1.165, 1.54) is 24.8 Å². The van der Waals surface area contributed by atoms with Gasteiger partial charge in [-0.25, -0.2) is 0 Å². The molecule has 3 nitrogen and oxygen atoms in total. The van der Waals surface area contributed by atoms with Crippen LogP contribution in [-0.2, 0) is 11.3 Å². The molecule has 1 saturated heterocycles. The lowest BCUT2D eigenvalue weighted by Crippen LogP contribution is -2.35. The van der Waals surface area contributed by atoms with Gasteiger partial charge in [0.05, 0.1) is 5.92 Å². The van der Waals surface area contributed by atoms with Crippen LogP contribution in [0.4, 0.5) is 0 Å². The highest BCUT2D eigenvalue weighted by Crippen LogP contribution is 2.46. The van der Waals surface area contributed by atoms with E-state index in [1.54, 1.807) is 0 Å². The van der Waals surface area contributed by atoms with Gasteiger partial charge >= 0.3 is 5.97 Å². The van der Waals surface area contributed by atoms with Gasteiger partial charge in [-0.3, -0.25) is 9.69 Å². The molecule has 1 aliphatic heterocycles. The van der Waals surface area contributed by atoms with Gasteiger partial charge in [-0.1, -0.05) is 56.5 Å². The number of nitrogens with zero attached hydrogens (tertiary/aromatic N) is 1. The molecule has 1 N–H and O–H groups in total. The van der Waals surface area contributed by atoms with E-state index in [4.69, 9.17) is 0 Å². The Morgan fingerprint density at radius 1 is 1.33 bits per heavy atom. The predicted octanol–water partition coefficient (Wildman–Crippen LogP) is 3.40. The molecular weight excluding hydrogens is 262 g/mol. The maximum absolute atomic E-state index is 11.7. The lowest BCUT2D eigenvalue weighted by Gasteiger charge is -2.36. The van der Waals surface area contributed by atoms with Gasteiger partial charge in [-0.2, -0.15) is 0 Å². The molecule has 0 spiro atoms. The number of carbonyl (C=O) groups is 1. The topological polar surface area (TPSA) is 40.5 Å². The molecule has 3 heteroatoms. The van der Waals surface area contributed by atoms with E-state index in [-0.39, 0.29) is 11.3 Å². The third-order valence-electron chi connectivity index (χ3n) is 5.39. The number of benzene rings is 1. The Morgan fingerprint density at radius 2 is 2.05 bits per heavy atom. The summed E-state index contributed by atoms with van der Waals surface area (Å²) in [5, 5.41) is 9.61. The maximum Gasteiger partial charge on any atom is 0.308 e. The molecule has 1 heterocycles. The molecule has 1 saturated carbocycles. The van der Waals surface area contributed by atoms with Gasteiger partial charge in [0.25, 0.3) is 0 Å². The second-order valence-electron chi connectivity index (χ2n) is 7.20. The first-order chi connectivity index (χ1) is 10.1. The molecule has 1 aromatic carbocycles. The second kappa shape index (κ2) is 5.80. The minimum absolute atomic E-state index is 0.0638. The van der Waals surface area contributed by atoms with E-state index in [0.29, 0.717) is 6.54 Å². The van der Waals surface area contributed by atoms with Crippen LogP contribution in [0.15, 0.2) is 30.3 Å². The second-order valence-corrected chi connectivity index (χ2v) is 7.20. The van der Waals surface area contributed by atoms with Crippen LogP contribution in [-0.4, -0.2) is 29.1 Å². The van der Waals surface area contributed by atoms with Crippen molar-refractivity contribution in [2.45, 2.75) is 39.2 Å². The van der Waals surface area contributed by atoms with Crippen molar-refractivity contribution in [1.82, 2.24) is 4.90 Å². The fourth-order valence-corrected chi connectivity index (χ4v) is 4.07. The molecule has 0 aromatic heterocycles. The predicted molar refractivity (Wildman–Crippen MR) is 82.9 cm³/mol. The SMILES string of the molecule is CC1(CC2CCC2)CN(Cc2ccccc2)CC1C(=O)O. The molecule has 1 aliphatic carbocycles. The number of likely N-dealkylation sites (tertiary alicyclic amines) is 1. The summed E-state index contributed by atoms with van der Waals surface area (Å²) in [6.07, 6.45) is 4.99. The molecular formula is C18H25NO2. The smallest absolute Gasteiger partial charge is 0.308 e. The fourth-order valence-electron chi connectivity index (χ4n) is 4.07. The monoisotopic (exact) mass is 287 g/mol. The average molecular weight is 287 g/mol. The van der Waals surface area contributed by atoms with E-state index in [1.807, 2.05) is 18.2 Å². The van der Waals surface area contributed by atoms with Crippen molar-refractivity contribution in [3.63, 3.8) is 0 Å². The number of carboxylic acids is 1. The first kappa shape index (κ1) is 14.6. The van der Waals surface area contributed by atoms with Crippen LogP contribution in [0.1, 0.15) is 38.2 Å². The van der Waals surface area contributed by atoms with Gasteiger partial charge in [0, 0.05) is 19.6 Å². The molecule has 2 fully saturated rings. The van der Waals surface area contributed by atoms with E-state index < -0.39 is 5.97 Å². The van der Waals surface area contributed by atoms with Crippen molar-refractivity contribution in [3.05, 3.63) is 35.9 Å². The molecule has 0 bridgehead atoms. The highest BCUT2D eigenvalue weighted by atomic mass is 16.4. The Kier molecular flexibility index (Phi) is 4.03. The average Bonchev–Trinajstić information content (AvgIpc) is 2.73. The zero-order valence-corrected chi connectivity index (χ0v) is 12.8. The largest absolute Gasteiger partial charge is 0.481 e. The van der Waals surface area contributed by atoms with Crippen LogP contribution in [0.2, 0.25) is 0 Å². The highest BCUT2D eigenvalue weighted by molar-refractivity contribution is 5.72. The Bertz CT molecular complexity index is 497. The number of aliphatic carboxylic acids is 1. The normalized spacial score (nSPS) is 30.2. The minimum atomic E-state index is -0.618. The number of carboxylic acid groups (broad SMARTS) is 1. The molecule has 0 amide bonds. The summed E-state index contributed by atoms with van der Waals surface area (Å²) in [6.45, 7) is 4.66. The summed E-state index contributed by atoms with van der Waals surface area (Å²) >= 11 is 0. The van der Waals surface area contributed by atoms with E-state index >= 15 is 0 Å². The van der Waals surface area contributed by atoms with Crippen LogP contribution in [0.5, 0.6) is 0 Å². The Hall–Kier alpha value is -1.35. The van der Waals surface area contributed by atoms with Gasteiger partial charge < -0.3 is 5.11 Å². The van der Waals surface area contributed by atoms with Crippen molar-refractivity contribution < 1.29 is 9.90 Å². The third-order valence-corrected chi connectivity index (χ3v) is 5.39. The third kappa shape index (κ3) is 3.13. The van der Waals surface area contributed by atoms with Crippen LogP contribution < -0.4 is 0 Å². The van der Waals surface area contributed by atoms with Crippen LogP contribution in [0, 0.1) is 17.3 Å². The van der Waals surface area contributed by atoms with Crippen molar-refractivity contribution in [3.8, 4) is 0 Å². The molecule has 0 radical (unpaired) electrons. The van der Waals surface area contributed by atoms with Gasteiger partial charge in [-0.15, -0.1) is 0 Å². The zero-order chi connectivity index (χ0) is 14.9. The fraction of sp³-hybridized carbons (Fsp3) is 0.611. The number of hydrogen-bond donors (Lipinski definition) is 1. The molecule has 2 aliphatic rings. The first-order valence-electron chi connectivity index (χ1n) is 8.06. The Balaban J connectivity index is 1.69. The summed E-state index contributed by atoms with van der Waals surface area (Å²) in [6, 6.07) is 10.4. The van der Waals surface area contributed by atoms with E-state index in [2.05, 4.69) is 24.0 Å². The highest BCUT2D eigenvalue weighted by Gasteiger charge is 2.48. The van der Waals surface area contributed by atoms with Crippen LogP contribution in [0.25, 0.3) is 0 Å². The first-order valence-corrected chi connectivity index (χ1v) is 8.06. The number of rotatable bonds is 5. The molecule has 2 unspecified atom stereocenters. The van der Waals surface area contributed by atoms with Gasteiger partial charge in [0.15, 0.2) is 0 Å². The summed E-state index contributed by atoms with van der Waals surface area (Å²) in [5.74, 6) is -0.0808. The molecule has 3 rings (SSSR count). The minimum Gasteiger partial charge on any atom is -0.481 e. The summed E-state index contributed by atoms with van der Waals surface area (Å²) in [5.41, 5.74) is 1.21.